The van der Waals surface area contributed by atoms with E-state index in [0.717, 1.165) is 30.8 Å². The molecule has 0 atom stereocenters. The molecule has 0 aliphatic heterocycles. The van der Waals surface area contributed by atoms with E-state index in [4.69, 9.17) is 0 Å². The summed E-state index contributed by atoms with van der Waals surface area (Å²) in [6, 6.07) is 10.3. The summed E-state index contributed by atoms with van der Waals surface area (Å²) >= 11 is 0. The van der Waals surface area contributed by atoms with Crippen molar-refractivity contribution < 1.29 is 0 Å². The Morgan fingerprint density at radius 2 is 1.94 bits per heavy atom. The summed E-state index contributed by atoms with van der Waals surface area (Å²) in [6.45, 7) is 5.23. The van der Waals surface area contributed by atoms with Gasteiger partial charge in [-0.25, -0.2) is 0 Å². The molecule has 2 nitrogen and oxygen atoms in total. The summed E-state index contributed by atoms with van der Waals surface area (Å²) in [4.78, 5) is 4.66. The zero-order valence-corrected chi connectivity index (χ0v) is 11.5. The molecular weight excluding hydrogens is 220 g/mol. The molecule has 98 valence electrons. The highest BCUT2D eigenvalue weighted by Gasteiger charge is 1.99. The van der Waals surface area contributed by atoms with Gasteiger partial charge in [0.05, 0.1) is 0 Å². The average molecular weight is 244 g/mol. The van der Waals surface area contributed by atoms with Gasteiger partial charge in [0, 0.05) is 12.1 Å². The number of nitrogens with zero attached hydrogens (tertiary/aromatic N) is 1. The van der Waals surface area contributed by atoms with Crippen LogP contribution in [0.25, 0.3) is 0 Å². The molecule has 2 heteroatoms. The van der Waals surface area contributed by atoms with E-state index in [1.807, 2.05) is 24.4 Å². The largest absolute Gasteiger partial charge is 0.347 e. The first kappa shape index (κ1) is 14.5. The Bertz CT molecular complexity index is 366. The van der Waals surface area contributed by atoms with E-state index in [1.54, 1.807) is 0 Å². The first-order valence-electron chi connectivity index (χ1n) is 6.89. The van der Waals surface area contributed by atoms with Gasteiger partial charge in [-0.1, -0.05) is 63.1 Å². The van der Waals surface area contributed by atoms with E-state index in [1.165, 1.54) is 12.8 Å². The molecule has 0 fully saturated rings. The van der Waals surface area contributed by atoms with Crippen molar-refractivity contribution in [1.82, 2.24) is 5.32 Å². The second-order valence-corrected chi connectivity index (χ2v) is 4.26. The van der Waals surface area contributed by atoms with E-state index in [0.29, 0.717) is 0 Å². The quantitative estimate of drug-likeness (QED) is 0.435. The molecule has 0 radical (unpaired) electrons. The molecule has 0 bridgehead atoms. The number of nitrogens with one attached hydrogen (secondary N) is 1. The summed E-state index contributed by atoms with van der Waals surface area (Å²) in [5.41, 5.74) is 1.15. The second kappa shape index (κ2) is 9.46. The lowest BCUT2D eigenvalue weighted by molar-refractivity contribution is 0.727. The maximum Gasteiger partial charge on any atom is 0.132 e. The van der Waals surface area contributed by atoms with Crippen LogP contribution in [0, 0.1) is 0 Å². The molecule has 0 spiro atoms. The highest BCUT2D eigenvalue weighted by Crippen LogP contribution is 2.01. The standard InChI is InChI=1S/C16H24N2/c1-3-5-10-14-18-16(17-13-6-4-2)15-11-8-7-9-12-15/h6-9,11-13H,3-5,10,14H2,1-2H3,(H,17,18)/b13-6+. The highest BCUT2D eigenvalue weighted by molar-refractivity contribution is 5.99. The van der Waals surface area contributed by atoms with Crippen LogP contribution in [-0.4, -0.2) is 12.4 Å². The molecule has 0 aliphatic carbocycles. The van der Waals surface area contributed by atoms with Crippen LogP contribution < -0.4 is 5.32 Å². The van der Waals surface area contributed by atoms with Gasteiger partial charge in [0.15, 0.2) is 0 Å². The van der Waals surface area contributed by atoms with Gasteiger partial charge in [0.25, 0.3) is 0 Å². The van der Waals surface area contributed by atoms with Gasteiger partial charge in [0.2, 0.25) is 0 Å². The Kier molecular flexibility index (Phi) is 7.61. The lowest BCUT2D eigenvalue weighted by Gasteiger charge is -2.06. The molecule has 0 aromatic heterocycles. The molecule has 0 aliphatic rings. The van der Waals surface area contributed by atoms with Gasteiger partial charge in [-0.15, -0.1) is 0 Å². The fourth-order valence-electron chi connectivity index (χ4n) is 1.62. The zero-order chi connectivity index (χ0) is 13.1. The molecular formula is C16H24N2. The molecule has 18 heavy (non-hydrogen) atoms. The SMILES string of the molecule is CC/C=C/NC(=NCCCCC)c1ccccc1. The second-order valence-electron chi connectivity index (χ2n) is 4.26. The minimum absolute atomic E-state index is 0.894. The fourth-order valence-corrected chi connectivity index (χ4v) is 1.62. The maximum absolute atomic E-state index is 4.66. The molecule has 0 saturated carbocycles. The minimum atomic E-state index is 0.894. The number of allylic oxidation sites excluding steroid dienone is 1. The van der Waals surface area contributed by atoms with Crippen molar-refractivity contribution in [2.45, 2.75) is 39.5 Å². The number of aliphatic imine (C=N–C) groups is 1. The third kappa shape index (κ3) is 5.67. The summed E-state index contributed by atoms with van der Waals surface area (Å²) < 4.78 is 0. The van der Waals surface area contributed by atoms with Crippen LogP contribution in [0.2, 0.25) is 0 Å². The van der Waals surface area contributed by atoms with E-state index >= 15 is 0 Å². The predicted octanol–water partition coefficient (Wildman–Crippen LogP) is 4.14. The van der Waals surface area contributed by atoms with Crippen LogP contribution in [0.15, 0.2) is 47.6 Å². The summed E-state index contributed by atoms with van der Waals surface area (Å²) in [5, 5.41) is 3.28. The van der Waals surface area contributed by atoms with Crippen molar-refractivity contribution in [3.8, 4) is 0 Å². The van der Waals surface area contributed by atoms with Crippen molar-refractivity contribution >= 4 is 5.84 Å². The number of hydrogen-bond donors (Lipinski definition) is 1. The minimum Gasteiger partial charge on any atom is -0.347 e. The summed E-state index contributed by atoms with van der Waals surface area (Å²) in [5.74, 6) is 0.969. The summed E-state index contributed by atoms with van der Waals surface area (Å²) in [7, 11) is 0. The first-order valence-corrected chi connectivity index (χ1v) is 6.89. The Morgan fingerprint density at radius 3 is 2.61 bits per heavy atom. The smallest absolute Gasteiger partial charge is 0.132 e. The van der Waals surface area contributed by atoms with Gasteiger partial charge in [0.1, 0.15) is 5.84 Å². The maximum atomic E-state index is 4.66. The normalized spacial score (nSPS) is 12.0. The predicted molar refractivity (Wildman–Crippen MR) is 79.9 cm³/mol. The fraction of sp³-hybridized carbons (Fsp3) is 0.438. The van der Waals surface area contributed by atoms with Crippen LogP contribution in [0.4, 0.5) is 0 Å². The van der Waals surface area contributed by atoms with Crippen LogP contribution in [-0.2, 0) is 0 Å². The van der Waals surface area contributed by atoms with Gasteiger partial charge in [-0.2, -0.15) is 0 Å². The van der Waals surface area contributed by atoms with Gasteiger partial charge in [-0.05, 0) is 19.0 Å². The summed E-state index contributed by atoms with van der Waals surface area (Å²) in [6.07, 6.45) is 8.75. The highest BCUT2D eigenvalue weighted by atomic mass is 15.0. The lowest BCUT2D eigenvalue weighted by atomic mass is 10.2. The molecule has 0 heterocycles. The number of hydrogen-bond acceptors (Lipinski definition) is 1. The first-order chi connectivity index (χ1) is 8.88. The topological polar surface area (TPSA) is 24.4 Å². The molecule has 0 saturated heterocycles. The van der Waals surface area contributed by atoms with E-state index < -0.39 is 0 Å². The van der Waals surface area contributed by atoms with E-state index in [-0.39, 0.29) is 0 Å². The Hall–Kier alpha value is -1.57. The average Bonchev–Trinajstić information content (AvgIpc) is 2.42. The number of benzene rings is 1. The number of rotatable bonds is 7. The number of unbranched alkanes of at least 4 members (excludes halogenated alkanes) is 2. The van der Waals surface area contributed by atoms with Gasteiger partial charge in [-0.3, -0.25) is 4.99 Å². The van der Waals surface area contributed by atoms with Gasteiger partial charge >= 0.3 is 0 Å². The van der Waals surface area contributed by atoms with Crippen molar-refractivity contribution in [3.05, 3.63) is 48.2 Å². The third-order valence-electron chi connectivity index (χ3n) is 2.65. The van der Waals surface area contributed by atoms with E-state index in [9.17, 15) is 0 Å². The van der Waals surface area contributed by atoms with Crippen molar-refractivity contribution in [2.75, 3.05) is 6.54 Å². The molecule has 1 aromatic carbocycles. The molecule has 1 rings (SSSR count). The molecule has 1 aromatic rings. The zero-order valence-electron chi connectivity index (χ0n) is 11.5. The van der Waals surface area contributed by atoms with Crippen molar-refractivity contribution in [1.29, 1.82) is 0 Å². The molecule has 1 N–H and O–H groups in total. The van der Waals surface area contributed by atoms with Crippen LogP contribution in [0.1, 0.15) is 45.1 Å². The van der Waals surface area contributed by atoms with Crippen LogP contribution in [0.3, 0.4) is 0 Å². The number of amidine groups is 1. The van der Waals surface area contributed by atoms with Gasteiger partial charge < -0.3 is 5.32 Å². The third-order valence-corrected chi connectivity index (χ3v) is 2.65. The van der Waals surface area contributed by atoms with Crippen LogP contribution in [0.5, 0.6) is 0 Å². The Labute approximate surface area is 111 Å². The monoisotopic (exact) mass is 244 g/mol. The van der Waals surface area contributed by atoms with E-state index in [2.05, 4.69) is 42.4 Å². The molecule has 0 unspecified atom stereocenters. The Balaban J connectivity index is 2.65. The van der Waals surface area contributed by atoms with Crippen molar-refractivity contribution in [2.24, 2.45) is 4.99 Å². The van der Waals surface area contributed by atoms with Crippen molar-refractivity contribution in [3.63, 3.8) is 0 Å². The Morgan fingerprint density at radius 1 is 1.17 bits per heavy atom. The van der Waals surface area contributed by atoms with Crippen LogP contribution >= 0.6 is 0 Å². The molecule has 0 amide bonds. The lowest BCUT2D eigenvalue weighted by Crippen LogP contribution is -2.19.